The van der Waals surface area contributed by atoms with E-state index >= 15 is 0 Å². The van der Waals surface area contributed by atoms with Crippen LogP contribution in [0.3, 0.4) is 0 Å². The number of hydrogen-bond acceptors (Lipinski definition) is 6. The molecule has 0 spiro atoms. The van der Waals surface area contributed by atoms with Crippen LogP contribution in [0.1, 0.15) is 43.5 Å². The maximum Gasteiger partial charge on any atom is 0.239 e. The van der Waals surface area contributed by atoms with E-state index in [-0.39, 0.29) is 12.5 Å². The molecule has 0 aromatic carbocycles. The summed E-state index contributed by atoms with van der Waals surface area (Å²) >= 11 is 0. The van der Waals surface area contributed by atoms with Crippen LogP contribution in [0.5, 0.6) is 0 Å². The van der Waals surface area contributed by atoms with Gasteiger partial charge in [-0.25, -0.2) is 15.8 Å². The molecule has 4 N–H and O–H groups in total. The van der Waals surface area contributed by atoms with Gasteiger partial charge in [0.05, 0.1) is 6.54 Å². The highest BCUT2D eigenvalue weighted by molar-refractivity contribution is 5.81. The van der Waals surface area contributed by atoms with Crippen molar-refractivity contribution in [1.29, 1.82) is 0 Å². The van der Waals surface area contributed by atoms with Crippen LogP contribution in [0, 0.1) is 6.92 Å². The maximum atomic E-state index is 11.8. The molecule has 1 heterocycles. The third-order valence-corrected chi connectivity index (χ3v) is 3.53. The number of likely N-dealkylation sites (N-methyl/N-ethyl adjacent to an activating group) is 1. The minimum atomic E-state index is -0.00686. The molecule has 1 aliphatic carbocycles. The number of amides is 1. The zero-order chi connectivity index (χ0) is 15.4. The second kappa shape index (κ2) is 6.71. The Bertz CT molecular complexity index is 514. The van der Waals surface area contributed by atoms with Crippen LogP contribution in [0.25, 0.3) is 0 Å². The second-order valence-electron chi connectivity index (χ2n) is 5.50. The average molecular weight is 292 g/mol. The number of nitrogens with zero attached hydrogens (tertiary/aromatic N) is 3. The Balaban J connectivity index is 2.16. The number of aromatic nitrogens is 2. The van der Waals surface area contributed by atoms with Crippen LogP contribution < -0.4 is 21.5 Å². The van der Waals surface area contributed by atoms with Crippen molar-refractivity contribution in [1.82, 2.24) is 15.3 Å². The number of nitrogen functional groups attached to an aromatic ring is 1. The molecule has 7 heteroatoms. The van der Waals surface area contributed by atoms with Gasteiger partial charge in [-0.05, 0) is 26.2 Å². The number of hydrazine groups is 1. The van der Waals surface area contributed by atoms with E-state index in [0.29, 0.717) is 18.3 Å². The highest BCUT2D eigenvalue weighted by atomic mass is 16.2. The Hall–Kier alpha value is -1.89. The summed E-state index contributed by atoms with van der Waals surface area (Å²) in [6.45, 7) is 4.89. The summed E-state index contributed by atoms with van der Waals surface area (Å²) in [5, 5.41) is 2.87. The molecule has 116 valence electrons. The number of nitrogens with two attached hydrogens (primary N) is 1. The van der Waals surface area contributed by atoms with Gasteiger partial charge in [-0.15, -0.1) is 0 Å². The summed E-state index contributed by atoms with van der Waals surface area (Å²) < 4.78 is 0. The first-order chi connectivity index (χ1) is 10.1. The van der Waals surface area contributed by atoms with Gasteiger partial charge in [-0.2, -0.15) is 0 Å². The smallest absolute Gasteiger partial charge is 0.239 e. The molecule has 1 aliphatic rings. The van der Waals surface area contributed by atoms with Crippen LogP contribution in [0.2, 0.25) is 0 Å². The lowest BCUT2D eigenvalue weighted by Gasteiger charge is -2.21. The van der Waals surface area contributed by atoms with Gasteiger partial charge >= 0.3 is 0 Å². The molecule has 1 aromatic heterocycles. The van der Waals surface area contributed by atoms with Gasteiger partial charge in [0, 0.05) is 25.1 Å². The quantitative estimate of drug-likeness (QED) is 0.510. The lowest BCUT2D eigenvalue weighted by atomic mass is 10.2. The van der Waals surface area contributed by atoms with E-state index in [2.05, 4.69) is 20.7 Å². The molecule has 1 amide bonds. The number of hydrogen-bond donors (Lipinski definition) is 3. The van der Waals surface area contributed by atoms with Crippen molar-refractivity contribution in [3.05, 3.63) is 11.4 Å². The van der Waals surface area contributed by atoms with Gasteiger partial charge in [-0.3, -0.25) is 4.79 Å². The first-order valence-corrected chi connectivity index (χ1v) is 7.39. The van der Waals surface area contributed by atoms with Crippen molar-refractivity contribution < 1.29 is 4.79 Å². The van der Waals surface area contributed by atoms with Crippen molar-refractivity contribution in [2.75, 3.05) is 30.5 Å². The number of anilines is 2. The molecule has 2 rings (SSSR count). The van der Waals surface area contributed by atoms with Crippen LogP contribution in [-0.4, -0.2) is 36.0 Å². The SMILES string of the molecule is CCCNC(=O)CN(C)c1nc(C2CC2)nc(NN)c1C. The van der Waals surface area contributed by atoms with E-state index < -0.39 is 0 Å². The molecule has 0 saturated heterocycles. The summed E-state index contributed by atoms with van der Waals surface area (Å²) in [7, 11) is 1.86. The van der Waals surface area contributed by atoms with Gasteiger partial charge in [0.25, 0.3) is 0 Å². The molecular formula is C14H24N6O. The van der Waals surface area contributed by atoms with Crippen LogP contribution in [-0.2, 0) is 4.79 Å². The predicted octanol–water partition coefficient (Wildman–Crippen LogP) is 0.910. The topological polar surface area (TPSA) is 96.2 Å². The monoisotopic (exact) mass is 292 g/mol. The van der Waals surface area contributed by atoms with E-state index in [1.54, 1.807) is 0 Å². The molecule has 1 saturated carbocycles. The predicted molar refractivity (Wildman–Crippen MR) is 83.1 cm³/mol. The first kappa shape index (κ1) is 15.5. The lowest BCUT2D eigenvalue weighted by Crippen LogP contribution is -2.36. The van der Waals surface area contributed by atoms with Crippen LogP contribution >= 0.6 is 0 Å². The second-order valence-corrected chi connectivity index (χ2v) is 5.50. The minimum absolute atomic E-state index is 0.00686. The van der Waals surface area contributed by atoms with Crippen molar-refractivity contribution in [2.24, 2.45) is 5.84 Å². The molecule has 7 nitrogen and oxygen atoms in total. The first-order valence-electron chi connectivity index (χ1n) is 7.39. The number of carbonyl (C=O) groups is 1. The van der Waals surface area contributed by atoms with Gasteiger partial charge in [0.15, 0.2) is 0 Å². The van der Waals surface area contributed by atoms with E-state index in [1.807, 2.05) is 25.8 Å². The van der Waals surface area contributed by atoms with Crippen molar-refractivity contribution in [3.63, 3.8) is 0 Å². The van der Waals surface area contributed by atoms with Gasteiger partial charge < -0.3 is 15.6 Å². The summed E-state index contributed by atoms with van der Waals surface area (Å²) in [5.41, 5.74) is 3.48. The third-order valence-electron chi connectivity index (χ3n) is 3.53. The highest BCUT2D eigenvalue weighted by Crippen LogP contribution is 2.39. The Labute approximate surface area is 125 Å². The van der Waals surface area contributed by atoms with Crippen LogP contribution in [0.4, 0.5) is 11.6 Å². The average Bonchev–Trinajstić information content (AvgIpc) is 3.29. The van der Waals surface area contributed by atoms with Crippen LogP contribution in [0.15, 0.2) is 0 Å². The molecule has 1 aromatic rings. The minimum Gasteiger partial charge on any atom is -0.355 e. The zero-order valence-electron chi connectivity index (χ0n) is 12.9. The Morgan fingerprint density at radius 3 is 2.71 bits per heavy atom. The fourth-order valence-electron chi connectivity index (χ4n) is 2.17. The Morgan fingerprint density at radius 1 is 1.43 bits per heavy atom. The molecule has 0 radical (unpaired) electrons. The Morgan fingerprint density at radius 2 is 2.14 bits per heavy atom. The van der Waals surface area contributed by atoms with Crippen molar-refractivity contribution in [3.8, 4) is 0 Å². The number of rotatable bonds is 7. The lowest BCUT2D eigenvalue weighted by molar-refractivity contribution is -0.119. The standard InChI is InChI=1S/C14H24N6O/c1-4-7-16-11(21)8-20(3)14-9(2)12(19-15)17-13(18-14)10-5-6-10/h10H,4-8,15H2,1-3H3,(H,16,21)(H,17,18,19). The molecule has 1 fully saturated rings. The molecule has 0 aliphatic heterocycles. The number of nitrogens with one attached hydrogen (secondary N) is 2. The molecular weight excluding hydrogens is 268 g/mol. The summed E-state index contributed by atoms with van der Waals surface area (Å²) in [5.74, 6) is 8.15. The molecule has 21 heavy (non-hydrogen) atoms. The molecule has 0 atom stereocenters. The van der Waals surface area contributed by atoms with E-state index in [4.69, 9.17) is 5.84 Å². The van der Waals surface area contributed by atoms with Crippen molar-refractivity contribution in [2.45, 2.75) is 39.0 Å². The summed E-state index contributed by atoms with van der Waals surface area (Å²) in [4.78, 5) is 22.8. The van der Waals surface area contributed by atoms with E-state index in [9.17, 15) is 4.79 Å². The fraction of sp³-hybridized carbons (Fsp3) is 0.643. The van der Waals surface area contributed by atoms with Crippen molar-refractivity contribution >= 4 is 17.5 Å². The number of carbonyl (C=O) groups excluding carboxylic acids is 1. The molecule has 0 unspecified atom stereocenters. The van der Waals surface area contributed by atoms with Gasteiger partial charge in [-0.1, -0.05) is 6.92 Å². The highest BCUT2D eigenvalue weighted by Gasteiger charge is 2.28. The Kier molecular flexibility index (Phi) is 4.95. The summed E-state index contributed by atoms with van der Waals surface area (Å²) in [6.07, 6.45) is 3.16. The van der Waals surface area contributed by atoms with E-state index in [0.717, 1.165) is 36.5 Å². The molecule has 0 bridgehead atoms. The van der Waals surface area contributed by atoms with Gasteiger partial charge in [0.1, 0.15) is 17.5 Å². The zero-order valence-corrected chi connectivity index (χ0v) is 12.9. The maximum absolute atomic E-state index is 11.8. The normalized spacial score (nSPS) is 13.9. The van der Waals surface area contributed by atoms with E-state index in [1.165, 1.54) is 0 Å². The third kappa shape index (κ3) is 3.81. The van der Waals surface area contributed by atoms with Gasteiger partial charge in [0.2, 0.25) is 5.91 Å². The summed E-state index contributed by atoms with van der Waals surface area (Å²) in [6, 6.07) is 0. The fourth-order valence-corrected chi connectivity index (χ4v) is 2.17. The largest absolute Gasteiger partial charge is 0.355 e.